The summed E-state index contributed by atoms with van der Waals surface area (Å²) in [5.74, 6) is 0.639. The molecule has 0 radical (unpaired) electrons. The maximum Gasteiger partial charge on any atom is 0.330 e. The lowest BCUT2D eigenvalue weighted by Gasteiger charge is -2.57. The van der Waals surface area contributed by atoms with E-state index in [0.29, 0.717) is 11.5 Å². The van der Waals surface area contributed by atoms with Gasteiger partial charge in [0.05, 0.1) is 10.7 Å². The lowest BCUT2D eigenvalue weighted by Crippen LogP contribution is -2.53. The molecule has 54 heavy (non-hydrogen) atoms. The molecule has 7 unspecified atom stereocenters. The molecule has 0 aromatic heterocycles. The maximum atomic E-state index is 13.7. The van der Waals surface area contributed by atoms with E-state index in [0.717, 1.165) is 61.3 Å². The Morgan fingerprint density at radius 3 is 2.00 bits per heavy atom. The third-order valence-corrected chi connectivity index (χ3v) is 13.1. The molecule has 1 saturated carbocycles. The molecule has 10 nitrogen and oxygen atoms in total. The topological polar surface area (TPSA) is 146 Å². The van der Waals surface area contributed by atoms with Crippen LogP contribution in [-0.2, 0) is 35.2 Å². The molecule has 3 aliphatic carbocycles. The average molecular weight is 765 g/mol. The Labute approximate surface area is 321 Å². The number of aliphatic hydroxyl groups is 2. The minimum Gasteiger partial charge on any atom is -0.491 e. The second-order valence-electron chi connectivity index (χ2n) is 16.1. The van der Waals surface area contributed by atoms with E-state index in [9.17, 15) is 28.2 Å². The molecule has 0 aliphatic heterocycles. The van der Waals surface area contributed by atoms with Crippen LogP contribution in [-0.4, -0.2) is 74.5 Å². The van der Waals surface area contributed by atoms with Gasteiger partial charge >= 0.3 is 11.9 Å². The number of allylic oxidation sites excluding steroid dienone is 3. The van der Waals surface area contributed by atoms with Gasteiger partial charge in [0, 0.05) is 11.5 Å². The van der Waals surface area contributed by atoms with Gasteiger partial charge in [0.2, 0.25) is 0 Å². The molecule has 5 rings (SSSR count). The fourth-order valence-electron chi connectivity index (χ4n) is 8.76. The fraction of sp³-hybridized carbons (Fsp3) is 0.535. The molecule has 1 fully saturated rings. The van der Waals surface area contributed by atoms with Gasteiger partial charge in [-0.15, -0.1) is 0 Å². The first-order chi connectivity index (χ1) is 25.6. The highest BCUT2D eigenvalue weighted by atomic mass is 32.2. The Morgan fingerprint density at radius 2 is 1.46 bits per heavy atom. The molecule has 0 bridgehead atoms. The largest absolute Gasteiger partial charge is 0.491 e. The van der Waals surface area contributed by atoms with Crippen molar-refractivity contribution < 1.29 is 47.2 Å². The first-order valence-corrected chi connectivity index (χ1v) is 20.2. The number of hydrogen-bond donors (Lipinski definition) is 3. The lowest BCUT2D eigenvalue weighted by atomic mass is 9.47. The highest BCUT2D eigenvalue weighted by molar-refractivity contribution is 7.73. The van der Waals surface area contributed by atoms with E-state index >= 15 is 0 Å². The van der Waals surface area contributed by atoms with Crippen molar-refractivity contribution in [1.82, 2.24) is 0 Å². The Kier molecular flexibility index (Phi) is 13.2. The van der Waals surface area contributed by atoms with Crippen LogP contribution >= 0.6 is 0 Å². The second-order valence-corrected chi connectivity index (χ2v) is 17.4. The zero-order chi connectivity index (χ0) is 39.3. The van der Waals surface area contributed by atoms with Crippen LogP contribution in [0.5, 0.6) is 11.5 Å². The zero-order valence-electron chi connectivity index (χ0n) is 32.1. The number of aliphatic hydroxyl groups excluding tert-OH is 2. The number of thiol groups is 1. The van der Waals surface area contributed by atoms with E-state index in [1.807, 2.05) is 55.5 Å². The van der Waals surface area contributed by atoms with E-state index in [4.69, 9.17) is 18.9 Å². The van der Waals surface area contributed by atoms with E-state index in [2.05, 4.69) is 39.5 Å². The van der Waals surface area contributed by atoms with Gasteiger partial charge < -0.3 is 29.2 Å². The minimum atomic E-state index is -2.51. The highest BCUT2D eigenvalue weighted by Gasteiger charge is 2.57. The summed E-state index contributed by atoms with van der Waals surface area (Å²) in [7, 11) is -2.51. The molecule has 2 aromatic carbocycles. The van der Waals surface area contributed by atoms with Gasteiger partial charge in [-0.25, -0.2) is 13.2 Å². The molecule has 0 amide bonds. The molecule has 7 atom stereocenters. The molecule has 2 aromatic rings. The number of ether oxygens (including phenoxy) is 4. The highest BCUT2D eigenvalue weighted by Crippen LogP contribution is 2.62. The normalized spacial score (nSPS) is 25.5. The van der Waals surface area contributed by atoms with E-state index < -0.39 is 39.5 Å². The Morgan fingerprint density at radius 1 is 0.907 bits per heavy atom. The predicted molar refractivity (Wildman–Crippen MR) is 207 cm³/mol. The number of esters is 2. The Balaban J connectivity index is 1.11. The summed E-state index contributed by atoms with van der Waals surface area (Å²) in [6.45, 7) is 13.2. The standard InChI is InChI=1S/C43H56O10S/c1-7-39(46)52-26-33(44)24-50-35-15-11-31(12-16-35)41(3,4)32-13-17-36(18-14-32)51-25-34(45)27-53-40(47)43(6)22-8-21-42(5)37-19-9-29(28(2)54(48)49)23-30(37)10-20-38(42)43/h7,10-18,23,28,33-34,37-38,44-45,54H,1,8-9,19-22,24-27H2,2-6H3. The number of benzene rings is 2. The molecule has 294 valence electrons. The first-order valence-electron chi connectivity index (χ1n) is 18.9. The number of carbonyl (C=O) groups is 2. The third-order valence-electron chi connectivity index (χ3n) is 12.2. The van der Waals surface area contributed by atoms with Crippen molar-refractivity contribution in [3.05, 3.63) is 95.6 Å². The van der Waals surface area contributed by atoms with Crippen LogP contribution in [0.3, 0.4) is 0 Å². The van der Waals surface area contributed by atoms with Crippen molar-refractivity contribution in [2.75, 3.05) is 26.4 Å². The molecule has 0 spiro atoms. The van der Waals surface area contributed by atoms with Crippen molar-refractivity contribution in [3.63, 3.8) is 0 Å². The van der Waals surface area contributed by atoms with Crippen molar-refractivity contribution >= 4 is 22.6 Å². The van der Waals surface area contributed by atoms with Gasteiger partial charge in [-0.3, -0.25) is 4.79 Å². The van der Waals surface area contributed by atoms with Gasteiger partial charge in [0.15, 0.2) is 0 Å². The number of rotatable bonds is 16. The molecular formula is C43H56O10S. The van der Waals surface area contributed by atoms with Crippen molar-refractivity contribution in [1.29, 1.82) is 0 Å². The van der Waals surface area contributed by atoms with Crippen LogP contribution in [0.4, 0.5) is 0 Å². The van der Waals surface area contributed by atoms with Gasteiger partial charge in [-0.05, 0) is 104 Å². The van der Waals surface area contributed by atoms with E-state index in [-0.39, 0.29) is 55.1 Å². The van der Waals surface area contributed by atoms with Crippen molar-refractivity contribution in [3.8, 4) is 11.5 Å². The Hall–Kier alpha value is -3.93. The fourth-order valence-corrected chi connectivity index (χ4v) is 9.23. The van der Waals surface area contributed by atoms with Gasteiger partial charge in [-0.1, -0.05) is 75.8 Å². The van der Waals surface area contributed by atoms with Crippen LogP contribution in [0.1, 0.15) is 84.3 Å². The van der Waals surface area contributed by atoms with Crippen LogP contribution in [0.15, 0.2) is 84.5 Å². The number of fused-ring (bicyclic) bond motifs is 3. The summed E-state index contributed by atoms with van der Waals surface area (Å²) >= 11 is 0. The Bertz CT molecular complexity index is 1780. The molecule has 11 heteroatoms. The van der Waals surface area contributed by atoms with Gasteiger partial charge in [-0.2, -0.15) is 0 Å². The summed E-state index contributed by atoms with van der Waals surface area (Å²) in [5, 5.41) is 20.3. The SMILES string of the molecule is C=CC(=O)OCC(O)COc1ccc(C(C)(C)c2ccc(OCC(O)COC(=O)C3(C)CCCC4(C)C5CCC(C(C)[SH](=O)=O)=CC5=CCC34)cc2)cc1. The summed E-state index contributed by atoms with van der Waals surface area (Å²) in [6, 6.07) is 15.2. The summed E-state index contributed by atoms with van der Waals surface area (Å²) < 4.78 is 45.5. The molecule has 2 N–H and O–H groups in total. The van der Waals surface area contributed by atoms with E-state index in [1.165, 1.54) is 5.57 Å². The van der Waals surface area contributed by atoms with Crippen molar-refractivity contribution in [2.45, 2.75) is 96.0 Å². The minimum absolute atomic E-state index is 0.0261. The zero-order valence-corrected chi connectivity index (χ0v) is 33.0. The third kappa shape index (κ3) is 9.12. The first kappa shape index (κ1) is 41.2. The molecule has 0 heterocycles. The quantitative estimate of drug-likeness (QED) is 0.102. The van der Waals surface area contributed by atoms with Gasteiger partial charge in [0.1, 0.15) is 60.8 Å². The predicted octanol–water partition coefficient (Wildman–Crippen LogP) is 6.24. The molecule has 0 saturated heterocycles. The van der Waals surface area contributed by atoms with Crippen molar-refractivity contribution in [2.24, 2.45) is 22.7 Å². The average Bonchev–Trinajstić information content (AvgIpc) is 3.16. The smallest absolute Gasteiger partial charge is 0.330 e. The second kappa shape index (κ2) is 17.3. The molecule has 3 aliphatic rings. The monoisotopic (exact) mass is 764 g/mol. The van der Waals surface area contributed by atoms with Crippen LogP contribution in [0.25, 0.3) is 0 Å². The van der Waals surface area contributed by atoms with Gasteiger partial charge in [0.25, 0.3) is 0 Å². The van der Waals surface area contributed by atoms with Crippen LogP contribution < -0.4 is 9.47 Å². The summed E-state index contributed by atoms with van der Waals surface area (Å²) in [4.78, 5) is 24.9. The van der Waals surface area contributed by atoms with E-state index in [1.54, 1.807) is 6.92 Å². The van der Waals surface area contributed by atoms with Crippen LogP contribution in [0.2, 0.25) is 0 Å². The maximum absolute atomic E-state index is 13.7. The lowest BCUT2D eigenvalue weighted by molar-refractivity contribution is -0.172. The number of carbonyl (C=O) groups excluding carboxylic acids is 2. The number of hydrogen-bond acceptors (Lipinski definition) is 10. The summed E-state index contributed by atoms with van der Waals surface area (Å²) in [6.07, 6.45) is 8.39. The molecular weight excluding hydrogens is 709 g/mol. The summed E-state index contributed by atoms with van der Waals surface area (Å²) in [5.41, 5.74) is 3.15. The van der Waals surface area contributed by atoms with Crippen LogP contribution in [0, 0.1) is 22.7 Å².